The third-order valence-corrected chi connectivity index (χ3v) is 4.10. The standard InChI is InChI=1S/C18H28FN7/c1-5-20-18(22-12-17-23-13-24-25(17)4)21-11-14-8-9-16(15(19)10-14)26(6-2)7-3/h8-10,13H,5-7,11-12H2,1-4H3,(H2,20,21,22). The zero-order chi connectivity index (χ0) is 18.9. The average molecular weight is 361 g/mol. The van der Waals surface area contributed by atoms with Crippen molar-refractivity contribution in [1.82, 2.24) is 25.4 Å². The van der Waals surface area contributed by atoms with Gasteiger partial charge in [0.1, 0.15) is 18.0 Å². The van der Waals surface area contributed by atoms with Gasteiger partial charge in [0.25, 0.3) is 0 Å². The highest BCUT2D eigenvalue weighted by atomic mass is 19.1. The van der Waals surface area contributed by atoms with Crippen LogP contribution in [0.15, 0.2) is 29.5 Å². The van der Waals surface area contributed by atoms with Gasteiger partial charge in [0.2, 0.25) is 0 Å². The van der Waals surface area contributed by atoms with E-state index in [4.69, 9.17) is 0 Å². The summed E-state index contributed by atoms with van der Waals surface area (Å²) in [5.41, 5.74) is 1.46. The van der Waals surface area contributed by atoms with Gasteiger partial charge >= 0.3 is 0 Å². The molecule has 0 aliphatic heterocycles. The molecule has 0 aliphatic carbocycles. The minimum Gasteiger partial charge on any atom is -0.370 e. The number of anilines is 1. The van der Waals surface area contributed by atoms with Gasteiger partial charge in [0, 0.05) is 26.7 Å². The highest BCUT2D eigenvalue weighted by Gasteiger charge is 2.09. The summed E-state index contributed by atoms with van der Waals surface area (Å²) in [6.07, 6.45) is 1.52. The summed E-state index contributed by atoms with van der Waals surface area (Å²) in [5, 5.41) is 10.4. The number of hydrogen-bond donors (Lipinski definition) is 2. The van der Waals surface area contributed by atoms with Crippen molar-refractivity contribution in [2.24, 2.45) is 12.0 Å². The van der Waals surface area contributed by atoms with E-state index in [0.29, 0.717) is 24.7 Å². The Bertz CT molecular complexity index is 722. The lowest BCUT2D eigenvalue weighted by atomic mass is 10.2. The van der Waals surface area contributed by atoms with E-state index in [1.165, 1.54) is 6.33 Å². The molecule has 0 amide bonds. The highest BCUT2D eigenvalue weighted by Crippen LogP contribution is 2.20. The molecule has 2 rings (SSSR count). The van der Waals surface area contributed by atoms with Crippen LogP contribution in [0.25, 0.3) is 0 Å². The molecule has 0 saturated carbocycles. The molecule has 1 heterocycles. The number of hydrogen-bond acceptors (Lipinski definition) is 4. The second kappa shape index (κ2) is 9.74. The molecule has 2 N–H and O–H groups in total. The van der Waals surface area contributed by atoms with Gasteiger partial charge < -0.3 is 15.5 Å². The Morgan fingerprint density at radius 1 is 1.23 bits per heavy atom. The quantitative estimate of drug-likeness (QED) is 0.556. The maximum atomic E-state index is 14.4. The van der Waals surface area contributed by atoms with Crippen LogP contribution in [0.5, 0.6) is 0 Å². The van der Waals surface area contributed by atoms with Gasteiger partial charge in [-0.15, -0.1) is 0 Å². The van der Waals surface area contributed by atoms with Crippen LogP contribution in [0, 0.1) is 5.82 Å². The number of aromatic nitrogens is 3. The summed E-state index contributed by atoms with van der Waals surface area (Å²) in [5.74, 6) is 1.26. The molecule has 1 aromatic heterocycles. The Morgan fingerprint density at radius 3 is 2.58 bits per heavy atom. The van der Waals surface area contributed by atoms with E-state index in [1.807, 2.05) is 44.9 Å². The minimum absolute atomic E-state index is 0.210. The van der Waals surface area contributed by atoms with Crippen molar-refractivity contribution in [3.05, 3.63) is 41.7 Å². The zero-order valence-electron chi connectivity index (χ0n) is 16.0. The highest BCUT2D eigenvalue weighted by molar-refractivity contribution is 5.79. The number of benzene rings is 1. The summed E-state index contributed by atoms with van der Waals surface area (Å²) >= 11 is 0. The Hall–Kier alpha value is -2.64. The monoisotopic (exact) mass is 361 g/mol. The van der Waals surface area contributed by atoms with E-state index in [1.54, 1.807) is 10.7 Å². The SMILES string of the molecule is CCNC(=NCc1ccc(N(CC)CC)c(F)c1)NCc1ncnn1C. The van der Waals surface area contributed by atoms with Gasteiger partial charge in [-0.2, -0.15) is 5.10 Å². The number of aryl methyl sites for hydroxylation is 1. The van der Waals surface area contributed by atoms with Crippen LogP contribution in [-0.2, 0) is 20.1 Å². The second-order valence-corrected chi connectivity index (χ2v) is 5.81. The number of aliphatic imine (C=N–C) groups is 1. The van der Waals surface area contributed by atoms with Gasteiger partial charge in [0.15, 0.2) is 5.96 Å². The first-order chi connectivity index (χ1) is 12.6. The van der Waals surface area contributed by atoms with Crippen LogP contribution in [0.2, 0.25) is 0 Å². The van der Waals surface area contributed by atoms with Gasteiger partial charge in [-0.3, -0.25) is 4.68 Å². The first-order valence-electron chi connectivity index (χ1n) is 8.97. The average Bonchev–Trinajstić information content (AvgIpc) is 3.05. The van der Waals surface area contributed by atoms with Gasteiger partial charge in [-0.05, 0) is 38.5 Å². The molecule has 0 aliphatic rings. The number of nitrogens with one attached hydrogen (secondary N) is 2. The molecule has 0 spiro atoms. The molecule has 0 saturated heterocycles. The van der Waals surface area contributed by atoms with Crippen molar-refractivity contribution < 1.29 is 4.39 Å². The van der Waals surface area contributed by atoms with Crippen LogP contribution in [-0.4, -0.2) is 40.4 Å². The molecular formula is C18H28FN7. The summed E-state index contributed by atoms with van der Waals surface area (Å²) in [6.45, 7) is 9.24. The number of rotatable bonds is 8. The smallest absolute Gasteiger partial charge is 0.191 e. The number of guanidine groups is 1. The molecule has 0 unspecified atom stereocenters. The maximum absolute atomic E-state index is 14.4. The van der Waals surface area contributed by atoms with E-state index in [9.17, 15) is 4.39 Å². The predicted octanol–water partition coefficient (Wildman–Crippen LogP) is 2.06. The molecule has 26 heavy (non-hydrogen) atoms. The fourth-order valence-electron chi connectivity index (χ4n) is 2.62. The molecule has 0 fully saturated rings. The van der Waals surface area contributed by atoms with Gasteiger partial charge in [-0.25, -0.2) is 14.4 Å². The Labute approximate surface area is 154 Å². The van der Waals surface area contributed by atoms with Crippen LogP contribution >= 0.6 is 0 Å². The molecular weight excluding hydrogens is 333 g/mol. The molecule has 0 atom stereocenters. The summed E-state index contributed by atoms with van der Waals surface area (Å²) in [7, 11) is 1.84. The van der Waals surface area contributed by atoms with Crippen molar-refractivity contribution in [2.75, 3.05) is 24.5 Å². The fourth-order valence-corrected chi connectivity index (χ4v) is 2.62. The number of nitrogens with zero attached hydrogens (tertiary/aromatic N) is 5. The largest absolute Gasteiger partial charge is 0.370 e. The molecule has 8 heteroatoms. The molecule has 142 valence electrons. The van der Waals surface area contributed by atoms with Gasteiger partial charge in [0.05, 0.1) is 18.8 Å². The lowest BCUT2D eigenvalue weighted by molar-refractivity contribution is 0.617. The Kier molecular flexibility index (Phi) is 7.37. The van der Waals surface area contributed by atoms with Crippen molar-refractivity contribution in [2.45, 2.75) is 33.9 Å². The second-order valence-electron chi connectivity index (χ2n) is 5.81. The van der Waals surface area contributed by atoms with E-state index in [0.717, 1.165) is 31.0 Å². The van der Waals surface area contributed by atoms with Crippen molar-refractivity contribution in [1.29, 1.82) is 0 Å². The minimum atomic E-state index is -0.210. The van der Waals surface area contributed by atoms with E-state index >= 15 is 0 Å². The maximum Gasteiger partial charge on any atom is 0.191 e. The van der Waals surface area contributed by atoms with Crippen LogP contribution in [0.3, 0.4) is 0 Å². The lowest BCUT2D eigenvalue weighted by Crippen LogP contribution is -2.37. The van der Waals surface area contributed by atoms with Crippen molar-refractivity contribution in [3.63, 3.8) is 0 Å². The van der Waals surface area contributed by atoms with Crippen LogP contribution < -0.4 is 15.5 Å². The first-order valence-corrected chi connectivity index (χ1v) is 8.97. The topological polar surface area (TPSA) is 70.4 Å². The molecule has 0 radical (unpaired) electrons. The third kappa shape index (κ3) is 5.18. The van der Waals surface area contributed by atoms with E-state index in [-0.39, 0.29) is 5.82 Å². The molecule has 1 aromatic carbocycles. The molecule has 7 nitrogen and oxygen atoms in total. The van der Waals surface area contributed by atoms with Crippen molar-refractivity contribution in [3.8, 4) is 0 Å². The van der Waals surface area contributed by atoms with Gasteiger partial charge in [-0.1, -0.05) is 6.07 Å². The first kappa shape index (κ1) is 19.7. The summed E-state index contributed by atoms with van der Waals surface area (Å²) < 4.78 is 16.1. The normalized spacial score (nSPS) is 11.5. The lowest BCUT2D eigenvalue weighted by Gasteiger charge is -2.21. The summed E-state index contributed by atoms with van der Waals surface area (Å²) in [6, 6.07) is 5.31. The predicted molar refractivity (Wildman–Crippen MR) is 103 cm³/mol. The van der Waals surface area contributed by atoms with Crippen molar-refractivity contribution >= 4 is 11.6 Å². The third-order valence-electron chi connectivity index (χ3n) is 4.10. The van der Waals surface area contributed by atoms with E-state index in [2.05, 4.69) is 25.7 Å². The fraction of sp³-hybridized carbons (Fsp3) is 0.500. The zero-order valence-corrected chi connectivity index (χ0v) is 16.0. The number of halogens is 1. The summed E-state index contributed by atoms with van der Waals surface area (Å²) in [4.78, 5) is 10.7. The van der Waals surface area contributed by atoms with E-state index < -0.39 is 0 Å². The molecule has 0 bridgehead atoms. The van der Waals surface area contributed by atoms with Crippen LogP contribution in [0.1, 0.15) is 32.2 Å². The Morgan fingerprint density at radius 2 is 2.00 bits per heavy atom. The Balaban J connectivity index is 2.04. The van der Waals surface area contributed by atoms with Crippen LogP contribution in [0.4, 0.5) is 10.1 Å². The molecule has 2 aromatic rings.